The van der Waals surface area contributed by atoms with E-state index < -0.39 is 0 Å². The summed E-state index contributed by atoms with van der Waals surface area (Å²) in [4.78, 5) is 26.8. The monoisotopic (exact) mass is 385 g/mol. The van der Waals surface area contributed by atoms with Gasteiger partial charge in [0.1, 0.15) is 0 Å². The minimum atomic E-state index is -0.0957. The second-order valence-corrected chi connectivity index (χ2v) is 7.51. The first-order chi connectivity index (χ1) is 14.2. The predicted molar refractivity (Wildman–Crippen MR) is 113 cm³/mol. The minimum absolute atomic E-state index is 0.0957. The summed E-state index contributed by atoms with van der Waals surface area (Å²) in [5, 5.41) is 12.1. The van der Waals surface area contributed by atoms with Crippen LogP contribution in [0.1, 0.15) is 49.7 Å². The Kier molecular flexibility index (Phi) is 5.44. The molecule has 1 N–H and O–H groups in total. The summed E-state index contributed by atoms with van der Waals surface area (Å²) in [7, 11) is 0. The number of carbonyl (C=O) groups is 2. The molecule has 146 valence electrons. The van der Waals surface area contributed by atoms with Crippen molar-refractivity contribution in [1.29, 1.82) is 5.26 Å². The number of benzene rings is 2. The Morgan fingerprint density at radius 2 is 1.83 bits per heavy atom. The molecule has 2 aliphatic rings. The Bertz CT molecular complexity index is 1020. The molecule has 0 spiro atoms. The van der Waals surface area contributed by atoms with Crippen LogP contribution in [0.2, 0.25) is 0 Å². The highest BCUT2D eigenvalue weighted by atomic mass is 16.2. The van der Waals surface area contributed by atoms with Gasteiger partial charge in [0.15, 0.2) is 0 Å². The third-order valence-electron chi connectivity index (χ3n) is 5.59. The molecule has 0 radical (unpaired) electrons. The first-order valence-electron chi connectivity index (χ1n) is 10.1. The van der Waals surface area contributed by atoms with Crippen LogP contribution in [0.5, 0.6) is 0 Å². The molecule has 1 aliphatic heterocycles. The Morgan fingerprint density at radius 1 is 1.00 bits per heavy atom. The number of amides is 2. The summed E-state index contributed by atoms with van der Waals surface area (Å²) in [5.74, 6) is 0.0649. The maximum atomic E-state index is 12.9. The largest absolute Gasteiger partial charge is 0.322 e. The molecular formula is C24H23N3O2. The number of hydrogen-bond donors (Lipinski definition) is 1. The number of nitrogens with zero attached hydrogens (tertiary/aromatic N) is 2. The van der Waals surface area contributed by atoms with Crippen molar-refractivity contribution in [2.45, 2.75) is 38.5 Å². The van der Waals surface area contributed by atoms with E-state index in [2.05, 4.69) is 11.4 Å². The molecule has 4 rings (SSSR count). The van der Waals surface area contributed by atoms with Crippen molar-refractivity contribution in [3.8, 4) is 6.07 Å². The van der Waals surface area contributed by atoms with E-state index in [1.54, 1.807) is 6.07 Å². The van der Waals surface area contributed by atoms with Gasteiger partial charge in [-0.25, -0.2) is 0 Å². The molecule has 1 aliphatic carbocycles. The van der Waals surface area contributed by atoms with Gasteiger partial charge in [-0.2, -0.15) is 5.26 Å². The lowest BCUT2D eigenvalue weighted by Gasteiger charge is -2.26. The zero-order valence-electron chi connectivity index (χ0n) is 16.3. The van der Waals surface area contributed by atoms with E-state index in [1.165, 1.54) is 0 Å². The lowest BCUT2D eigenvalue weighted by Crippen LogP contribution is -2.35. The van der Waals surface area contributed by atoms with Gasteiger partial charge in [0, 0.05) is 29.9 Å². The second kappa shape index (κ2) is 8.32. The highest BCUT2D eigenvalue weighted by Gasteiger charge is 2.23. The third-order valence-corrected chi connectivity index (χ3v) is 5.59. The quantitative estimate of drug-likeness (QED) is 0.832. The summed E-state index contributed by atoms with van der Waals surface area (Å²) in [6.07, 6.45) is 5.09. The van der Waals surface area contributed by atoms with E-state index in [-0.39, 0.29) is 11.8 Å². The average Bonchev–Trinajstić information content (AvgIpc) is 3.25. The number of allylic oxidation sites excluding steroid dienone is 1. The molecule has 0 bridgehead atoms. The first kappa shape index (κ1) is 18.9. The lowest BCUT2D eigenvalue weighted by atomic mass is 10.00. The number of nitrogens with one attached hydrogen (secondary N) is 1. The molecule has 1 heterocycles. The van der Waals surface area contributed by atoms with Crippen LogP contribution in [-0.4, -0.2) is 18.4 Å². The van der Waals surface area contributed by atoms with E-state index in [9.17, 15) is 9.59 Å². The van der Waals surface area contributed by atoms with Gasteiger partial charge in [-0.1, -0.05) is 12.1 Å². The fourth-order valence-electron chi connectivity index (χ4n) is 4.10. The van der Waals surface area contributed by atoms with Crippen LogP contribution in [0, 0.1) is 11.3 Å². The van der Waals surface area contributed by atoms with Gasteiger partial charge in [0.2, 0.25) is 5.91 Å². The summed E-state index contributed by atoms with van der Waals surface area (Å²) >= 11 is 0. The number of anilines is 2. The number of hydrogen-bond acceptors (Lipinski definition) is 3. The van der Waals surface area contributed by atoms with Crippen molar-refractivity contribution in [2.24, 2.45) is 0 Å². The van der Waals surface area contributed by atoms with E-state index in [4.69, 9.17) is 5.26 Å². The highest BCUT2D eigenvalue weighted by molar-refractivity contribution is 6.09. The maximum absolute atomic E-state index is 12.9. The summed E-state index contributed by atoms with van der Waals surface area (Å²) in [6.45, 7) is 0.753. The molecule has 1 saturated heterocycles. The Morgan fingerprint density at radius 3 is 2.59 bits per heavy atom. The lowest BCUT2D eigenvalue weighted by molar-refractivity contribution is -0.119. The zero-order chi connectivity index (χ0) is 20.2. The molecule has 0 aromatic heterocycles. The maximum Gasteiger partial charge on any atom is 0.251 e. The van der Waals surface area contributed by atoms with E-state index in [0.29, 0.717) is 17.7 Å². The van der Waals surface area contributed by atoms with Gasteiger partial charge in [0.25, 0.3) is 5.91 Å². The Hall–Kier alpha value is -3.39. The van der Waals surface area contributed by atoms with Gasteiger partial charge in [-0.15, -0.1) is 0 Å². The standard InChI is InChI=1S/C24H23N3O2/c25-16-17-5-3-6-18(15-17)21-7-4-8-22(21)24(29)26-19-10-12-20(13-11-19)27-14-2-1-9-23(27)28/h3,5-6,10-13,15H,1-2,4,7-9,14H2,(H,26,29). The van der Waals surface area contributed by atoms with Gasteiger partial charge in [-0.3, -0.25) is 9.59 Å². The molecule has 0 unspecified atom stereocenters. The molecule has 0 atom stereocenters. The van der Waals surface area contributed by atoms with Gasteiger partial charge >= 0.3 is 0 Å². The fourth-order valence-corrected chi connectivity index (χ4v) is 4.10. The van der Waals surface area contributed by atoms with Gasteiger partial charge in [0.05, 0.1) is 11.6 Å². The van der Waals surface area contributed by atoms with Crippen LogP contribution in [-0.2, 0) is 9.59 Å². The molecule has 29 heavy (non-hydrogen) atoms. The fraction of sp³-hybridized carbons (Fsp3) is 0.292. The third kappa shape index (κ3) is 4.07. The predicted octanol–water partition coefficient (Wildman–Crippen LogP) is 4.65. The van der Waals surface area contributed by atoms with Crippen LogP contribution < -0.4 is 10.2 Å². The SMILES string of the molecule is N#Cc1cccc(C2=C(C(=O)Nc3ccc(N4CCCCC4=O)cc3)CCC2)c1. The van der Waals surface area contributed by atoms with Crippen LogP contribution in [0.4, 0.5) is 11.4 Å². The summed E-state index contributed by atoms with van der Waals surface area (Å²) in [6, 6.07) is 17.1. The number of nitriles is 1. The summed E-state index contributed by atoms with van der Waals surface area (Å²) < 4.78 is 0. The van der Waals surface area contributed by atoms with Crippen LogP contribution in [0.15, 0.2) is 54.1 Å². The van der Waals surface area contributed by atoms with E-state index >= 15 is 0 Å². The second-order valence-electron chi connectivity index (χ2n) is 7.51. The smallest absolute Gasteiger partial charge is 0.251 e. The van der Waals surface area contributed by atoms with Crippen molar-refractivity contribution in [2.75, 3.05) is 16.8 Å². The normalized spacial score (nSPS) is 16.7. The van der Waals surface area contributed by atoms with Crippen LogP contribution >= 0.6 is 0 Å². The van der Waals surface area contributed by atoms with Gasteiger partial charge in [-0.05, 0) is 79.6 Å². The first-order valence-corrected chi connectivity index (χ1v) is 10.1. The molecule has 5 heteroatoms. The minimum Gasteiger partial charge on any atom is -0.322 e. The number of rotatable bonds is 4. The highest BCUT2D eigenvalue weighted by Crippen LogP contribution is 2.35. The van der Waals surface area contributed by atoms with Crippen LogP contribution in [0.25, 0.3) is 5.57 Å². The topological polar surface area (TPSA) is 73.2 Å². The zero-order valence-corrected chi connectivity index (χ0v) is 16.3. The molecule has 5 nitrogen and oxygen atoms in total. The molecule has 2 aromatic rings. The van der Waals surface area contributed by atoms with Crippen molar-refractivity contribution < 1.29 is 9.59 Å². The average molecular weight is 385 g/mol. The molecular weight excluding hydrogens is 362 g/mol. The Balaban J connectivity index is 1.51. The van der Waals surface area contributed by atoms with Crippen molar-refractivity contribution in [3.05, 3.63) is 65.2 Å². The molecule has 1 fully saturated rings. The van der Waals surface area contributed by atoms with Crippen LogP contribution in [0.3, 0.4) is 0 Å². The number of piperidine rings is 1. The van der Waals surface area contributed by atoms with E-state index in [0.717, 1.165) is 61.0 Å². The number of carbonyl (C=O) groups excluding carboxylic acids is 2. The molecule has 2 amide bonds. The van der Waals surface area contributed by atoms with E-state index in [1.807, 2.05) is 47.4 Å². The summed E-state index contributed by atoms with van der Waals surface area (Å²) in [5.41, 5.74) is 4.95. The van der Waals surface area contributed by atoms with Gasteiger partial charge < -0.3 is 10.2 Å². The van der Waals surface area contributed by atoms with Crippen molar-refractivity contribution >= 4 is 28.8 Å². The molecule has 2 aromatic carbocycles. The van der Waals surface area contributed by atoms with Crippen molar-refractivity contribution in [3.63, 3.8) is 0 Å². The van der Waals surface area contributed by atoms with Crippen molar-refractivity contribution in [1.82, 2.24) is 0 Å². The molecule has 0 saturated carbocycles. The Labute approximate surface area is 170 Å².